The zero-order chi connectivity index (χ0) is 23.5. The maximum Gasteiger partial charge on any atom is 0.338 e. The highest BCUT2D eigenvalue weighted by Gasteiger charge is 2.31. The van der Waals surface area contributed by atoms with Gasteiger partial charge in [0, 0.05) is 13.1 Å². The van der Waals surface area contributed by atoms with Crippen LogP contribution in [0.3, 0.4) is 0 Å². The van der Waals surface area contributed by atoms with E-state index in [4.69, 9.17) is 27.9 Å². The summed E-state index contributed by atoms with van der Waals surface area (Å²) in [5, 5.41) is 2.98. The molecular formula is C22H24Cl2N2O5S. The lowest BCUT2D eigenvalue weighted by molar-refractivity contribution is -0.119. The van der Waals surface area contributed by atoms with Gasteiger partial charge in [-0.2, -0.15) is 4.31 Å². The van der Waals surface area contributed by atoms with Crippen molar-refractivity contribution >= 4 is 50.8 Å². The first kappa shape index (κ1) is 24.5. The number of sulfonamides is 1. The Hall–Kier alpha value is -2.13. The molecule has 1 heterocycles. The number of ether oxygens (including phenoxy) is 1. The summed E-state index contributed by atoms with van der Waals surface area (Å²) in [7, 11) is -3.64. The van der Waals surface area contributed by atoms with Gasteiger partial charge in [0.05, 0.1) is 26.2 Å². The van der Waals surface area contributed by atoms with Gasteiger partial charge in [-0.05, 0) is 54.7 Å². The van der Waals surface area contributed by atoms with Crippen molar-refractivity contribution in [3.05, 3.63) is 58.1 Å². The van der Waals surface area contributed by atoms with Crippen molar-refractivity contribution in [1.29, 1.82) is 0 Å². The van der Waals surface area contributed by atoms with Gasteiger partial charge in [-0.1, -0.05) is 43.1 Å². The monoisotopic (exact) mass is 498 g/mol. The quantitative estimate of drug-likeness (QED) is 0.593. The summed E-state index contributed by atoms with van der Waals surface area (Å²) in [5.74, 6) is -0.761. The van der Waals surface area contributed by atoms with Gasteiger partial charge in [-0.15, -0.1) is 0 Å². The second-order valence-corrected chi connectivity index (χ2v) is 10.7. The minimum absolute atomic E-state index is 0.115. The fourth-order valence-electron chi connectivity index (χ4n) is 3.72. The van der Waals surface area contributed by atoms with E-state index in [1.54, 1.807) is 18.2 Å². The van der Waals surface area contributed by atoms with Crippen LogP contribution in [0.15, 0.2) is 47.4 Å². The van der Waals surface area contributed by atoms with Crippen LogP contribution in [0.5, 0.6) is 0 Å². The molecule has 1 saturated heterocycles. The van der Waals surface area contributed by atoms with E-state index in [1.807, 2.05) is 13.8 Å². The van der Waals surface area contributed by atoms with E-state index >= 15 is 0 Å². The van der Waals surface area contributed by atoms with Gasteiger partial charge in [0.15, 0.2) is 6.61 Å². The van der Waals surface area contributed by atoms with Crippen molar-refractivity contribution < 1.29 is 22.7 Å². The average molecular weight is 499 g/mol. The number of halogens is 2. The standard InChI is InChI=1S/C22H24Cl2N2O5S/c1-14-10-15(2)12-26(11-14)32(29,30)17-8-6-16(7-9-17)22(28)31-13-20(27)25-19-5-3-4-18(23)21(19)24/h3-9,14-15H,10-13H2,1-2H3,(H,25,27)/t14-,15-/m1/s1. The Kier molecular flexibility index (Phi) is 7.82. The predicted octanol–water partition coefficient (Wildman–Crippen LogP) is 4.46. The number of esters is 1. The minimum atomic E-state index is -3.64. The second kappa shape index (κ2) is 10.2. The van der Waals surface area contributed by atoms with Crippen molar-refractivity contribution in [2.75, 3.05) is 25.0 Å². The molecule has 1 fully saturated rings. The van der Waals surface area contributed by atoms with Crippen molar-refractivity contribution in [2.45, 2.75) is 25.2 Å². The maximum absolute atomic E-state index is 12.9. The Balaban J connectivity index is 1.60. The molecule has 1 amide bonds. The highest BCUT2D eigenvalue weighted by Crippen LogP contribution is 2.29. The van der Waals surface area contributed by atoms with Gasteiger partial charge < -0.3 is 10.1 Å². The normalized spacial score (nSPS) is 19.4. The summed E-state index contributed by atoms with van der Waals surface area (Å²) >= 11 is 11.9. The number of hydrogen-bond donors (Lipinski definition) is 1. The van der Waals surface area contributed by atoms with Crippen LogP contribution in [0.4, 0.5) is 5.69 Å². The molecule has 172 valence electrons. The molecule has 0 spiro atoms. The zero-order valence-corrected chi connectivity index (χ0v) is 20.0. The Morgan fingerprint density at radius 3 is 2.31 bits per heavy atom. The van der Waals surface area contributed by atoms with E-state index in [2.05, 4.69) is 5.32 Å². The molecule has 0 unspecified atom stereocenters. The molecular weight excluding hydrogens is 475 g/mol. The van der Waals surface area contributed by atoms with Gasteiger partial charge in [0.1, 0.15) is 0 Å². The number of carbonyl (C=O) groups is 2. The number of anilines is 1. The van der Waals surface area contributed by atoms with Crippen molar-refractivity contribution in [1.82, 2.24) is 4.31 Å². The molecule has 0 saturated carbocycles. The van der Waals surface area contributed by atoms with E-state index in [1.165, 1.54) is 28.6 Å². The highest BCUT2D eigenvalue weighted by atomic mass is 35.5. The maximum atomic E-state index is 12.9. The molecule has 2 atom stereocenters. The van der Waals surface area contributed by atoms with Crippen LogP contribution >= 0.6 is 23.2 Å². The van der Waals surface area contributed by atoms with Gasteiger partial charge in [0.25, 0.3) is 5.91 Å². The van der Waals surface area contributed by atoms with Crippen LogP contribution in [0.1, 0.15) is 30.6 Å². The van der Waals surface area contributed by atoms with Crippen LogP contribution in [0.25, 0.3) is 0 Å². The summed E-state index contributed by atoms with van der Waals surface area (Å²) in [5.41, 5.74) is 0.439. The van der Waals surface area contributed by atoms with E-state index < -0.39 is 28.5 Å². The van der Waals surface area contributed by atoms with E-state index in [-0.39, 0.29) is 32.3 Å². The Bertz CT molecular complexity index is 1100. The van der Waals surface area contributed by atoms with Gasteiger partial charge in [-0.25, -0.2) is 13.2 Å². The summed E-state index contributed by atoms with van der Waals surface area (Å²) < 4.78 is 32.4. The molecule has 10 heteroatoms. The number of benzene rings is 2. The summed E-state index contributed by atoms with van der Waals surface area (Å²) in [6.45, 7) is 4.48. The lowest BCUT2D eigenvalue weighted by atomic mass is 9.94. The van der Waals surface area contributed by atoms with E-state index in [0.29, 0.717) is 18.8 Å². The summed E-state index contributed by atoms with van der Waals surface area (Å²) in [6.07, 6.45) is 0.994. The molecule has 7 nitrogen and oxygen atoms in total. The van der Waals surface area contributed by atoms with Gasteiger partial charge in [-0.3, -0.25) is 4.79 Å². The zero-order valence-electron chi connectivity index (χ0n) is 17.7. The predicted molar refractivity (Wildman–Crippen MR) is 124 cm³/mol. The second-order valence-electron chi connectivity index (χ2n) is 8.02. The number of amides is 1. The molecule has 1 N–H and O–H groups in total. The van der Waals surface area contributed by atoms with Crippen LogP contribution in [-0.4, -0.2) is 44.3 Å². The number of nitrogens with zero attached hydrogens (tertiary/aromatic N) is 1. The molecule has 32 heavy (non-hydrogen) atoms. The fraction of sp³-hybridized carbons (Fsp3) is 0.364. The highest BCUT2D eigenvalue weighted by molar-refractivity contribution is 7.89. The largest absolute Gasteiger partial charge is 0.452 e. The number of rotatable bonds is 6. The van der Waals surface area contributed by atoms with Crippen LogP contribution in [-0.2, 0) is 19.6 Å². The smallest absolute Gasteiger partial charge is 0.338 e. The van der Waals surface area contributed by atoms with Crippen molar-refractivity contribution in [2.24, 2.45) is 11.8 Å². The average Bonchev–Trinajstić information content (AvgIpc) is 2.74. The summed E-state index contributed by atoms with van der Waals surface area (Å²) in [6, 6.07) is 10.3. The van der Waals surface area contributed by atoms with Crippen LogP contribution < -0.4 is 5.32 Å². The first-order chi connectivity index (χ1) is 15.1. The minimum Gasteiger partial charge on any atom is -0.452 e. The molecule has 1 aliphatic heterocycles. The van der Waals surface area contributed by atoms with Gasteiger partial charge in [0.2, 0.25) is 10.0 Å². The molecule has 1 aliphatic rings. The molecule has 0 aliphatic carbocycles. The first-order valence-electron chi connectivity index (χ1n) is 10.1. The molecule has 2 aromatic rings. The van der Waals surface area contributed by atoms with E-state index in [0.717, 1.165) is 6.42 Å². The van der Waals surface area contributed by atoms with Crippen molar-refractivity contribution in [3.8, 4) is 0 Å². The first-order valence-corrected chi connectivity index (χ1v) is 12.3. The molecule has 0 bridgehead atoms. The molecule has 2 aromatic carbocycles. The van der Waals surface area contributed by atoms with Crippen LogP contribution in [0, 0.1) is 11.8 Å². The summed E-state index contributed by atoms with van der Waals surface area (Å²) in [4.78, 5) is 24.4. The topological polar surface area (TPSA) is 92.8 Å². The third-order valence-electron chi connectivity index (χ3n) is 5.12. The van der Waals surface area contributed by atoms with E-state index in [9.17, 15) is 18.0 Å². The number of hydrogen-bond acceptors (Lipinski definition) is 5. The molecule has 0 aromatic heterocycles. The Labute approximate surface area is 197 Å². The molecule has 3 rings (SSSR count). The SMILES string of the molecule is C[C@@H]1C[C@@H](C)CN(S(=O)(=O)c2ccc(C(=O)OCC(=O)Nc3cccc(Cl)c3Cl)cc2)C1. The van der Waals surface area contributed by atoms with Crippen LogP contribution in [0.2, 0.25) is 10.0 Å². The fourth-order valence-corrected chi connectivity index (χ4v) is 5.74. The third-order valence-corrected chi connectivity index (χ3v) is 7.79. The lowest BCUT2D eigenvalue weighted by Gasteiger charge is -2.34. The van der Waals surface area contributed by atoms with Crippen molar-refractivity contribution in [3.63, 3.8) is 0 Å². The third kappa shape index (κ3) is 5.81. The number of nitrogens with one attached hydrogen (secondary N) is 1. The molecule has 0 radical (unpaired) electrons. The number of piperidine rings is 1. The Morgan fingerprint density at radius 1 is 1.06 bits per heavy atom. The van der Waals surface area contributed by atoms with Gasteiger partial charge >= 0.3 is 5.97 Å². The Morgan fingerprint density at radius 2 is 1.69 bits per heavy atom. The lowest BCUT2D eigenvalue weighted by Crippen LogP contribution is -2.42. The number of carbonyl (C=O) groups excluding carboxylic acids is 2.